The molecule has 4 aromatic rings. The van der Waals surface area contributed by atoms with Crippen LogP contribution in [0.3, 0.4) is 0 Å². The van der Waals surface area contributed by atoms with Crippen molar-refractivity contribution in [2.24, 2.45) is 5.92 Å². The second kappa shape index (κ2) is 49.7. The maximum absolute atomic E-state index is 12.4. The quantitative estimate of drug-likeness (QED) is 0.0949. The summed E-state index contributed by atoms with van der Waals surface area (Å²) >= 11 is 1.79. The third-order valence-corrected chi connectivity index (χ3v) is 30.9. The zero-order valence-electron chi connectivity index (χ0n) is 84.3. The Morgan fingerprint density at radius 2 is 0.806 bits per heavy atom. The van der Waals surface area contributed by atoms with Gasteiger partial charge in [0.2, 0.25) is 106 Å². The van der Waals surface area contributed by atoms with Crippen LogP contribution in [0.5, 0.6) is 11.5 Å². The summed E-state index contributed by atoms with van der Waals surface area (Å²) in [5.74, 6) is 3.79. The molecule has 22 rings (SSSR count). The van der Waals surface area contributed by atoms with E-state index in [1.807, 2.05) is 118 Å². The first-order valence-corrected chi connectivity index (χ1v) is 53.1. The highest BCUT2D eigenvalue weighted by Crippen LogP contribution is 2.45. The number of carbonyl (C=O) groups excluding carboxylic acids is 18. The van der Waals surface area contributed by atoms with E-state index >= 15 is 0 Å². The molecule has 4 aromatic carbocycles. The summed E-state index contributed by atoms with van der Waals surface area (Å²) in [4.78, 5) is 234. The number of rotatable bonds is 10. The first kappa shape index (κ1) is 107. The van der Waals surface area contributed by atoms with Crippen molar-refractivity contribution in [3.8, 4) is 11.5 Å². The molecular formula is C105H142N18O20S. The van der Waals surface area contributed by atoms with Crippen LogP contribution in [0.2, 0.25) is 0 Å². The molecule has 0 aliphatic carbocycles. The Morgan fingerprint density at radius 1 is 0.389 bits per heavy atom. The number of hydrogen-bond donors (Lipinski definition) is 6. The molecule has 144 heavy (non-hydrogen) atoms. The number of ether oxygens (including phenoxy) is 2. The third kappa shape index (κ3) is 25.1. The Labute approximate surface area is 846 Å². The number of hydrogen-bond acceptors (Lipinski definition) is 21. The lowest BCUT2D eigenvalue weighted by molar-refractivity contribution is -0.155. The second-order valence-electron chi connectivity index (χ2n) is 39.9. The fraction of sp³-hybridized carbons (Fsp3) is 0.600. The number of fused-ring (bicyclic) bond motifs is 13. The molecule has 38 nitrogen and oxygen atoms in total. The number of carbonyl (C=O) groups is 18. The molecule has 39 heteroatoms. The van der Waals surface area contributed by atoms with Crippen LogP contribution in [-0.4, -0.2) is 333 Å². The minimum Gasteiger partial charge on any atom is -0.493 e. The van der Waals surface area contributed by atoms with Gasteiger partial charge in [0.25, 0.3) is 0 Å². The Bertz CT molecular complexity index is 5380. The van der Waals surface area contributed by atoms with Crippen molar-refractivity contribution >= 4 is 141 Å². The number of piperidine rings is 9. The highest BCUT2D eigenvalue weighted by molar-refractivity contribution is 7.98. The SMILES string of the molecule is CC(C)C1CNC(=O)C2CCCC(=O)N21.CC1CN2C(=O)CCCC2C(=O)N1.CCN1CCN2C(=O)CCCC2C1=O.CN1CCN2C(=O)CCCC2C1=O.COc1cc2c(cc1OC)N1C(=O)CCCC1C(=O)N2.CSCCC1CNC(=O)C2CCCC(=O)N12.O=C1C2CCCC(=O)N2CCN1Cc1ccccc1.O=C1NC(c2ccccc2)CN2C(=O)CCCC12.O=C1Nc2ccccc2N2C(=O)CCCC12. The van der Waals surface area contributed by atoms with E-state index in [1.165, 1.54) is 7.11 Å². The average molecular weight is 2010 g/mol. The second-order valence-corrected chi connectivity index (χ2v) is 40.9. The summed E-state index contributed by atoms with van der Waals surface area (Å²) in [7, 11) is 4.88. The summed E-state index contributed by atoms with van der Waals surface area (Å²) in [5.41, 5.74) is 5.03. The number of nitrogens with zero attached hydrogens (tertiary/aromatic N) is 12. The standard InChI is InChI=1S/C15H18N2O2.C14H16N2O4.C14H16N2O2.C12H12N2O2.C11H18N2O2S.C11H18N2O2.C10H16N2O2.2C9H14N2O2/c18-14-8-4-7-13-15(19)16(9-10-17(13)14)11-12-5-2-1-3-6-12;1-19-11-6-8-10(7-12(11)20-2)16-9(14(18)15-8)4-3-5-13(16)17;17-13-8-4-7-12-14(18)15-11(9-16(12)13)10-5-2-1-3-6-10;15-11-7-3-6-10-12(16)13-8-4-1-2-5-9(8)14(10)11;1-16-6-5-8-7-12-11(15)9-3-2-4-10(14)13(8)9;1-7(2)9-6-12-11(15)8-4-3-5-10(14)13(8)9;1-2-11-6-7-12-8(10(11)14)4-3-5-9(12)13;1-10-5-6-11-7(9(10)13)3-2-4-8(11)12;1-6-5-11-7(9(13)10-6)3-2-4-8(11)12/h1-3,5-6,13H,4,7-11H2;6-7,9H,3-5H2,1-2H3,(H,15,18);1-3,5-6,11-12H,4,7-9H2,(H,15,18);1-2,4-5,10H,3,6-7H2,(H,13,16);8-9H,2-7H2,1H3,(H,12,15);7-9H,3-6H2,1-2H3,(H,12,15);8H,2-7H2,1H3;7H,2-6H2,1H3;6-7H,2-5H2,1H3,(H,10,13). The fourth-order valence-corrected chi connectivity index (χ4v) is 23.1. The van der Waals surface area contributed by atoms with E-state index in [-0.39, 0.29) is 179 Å². The van der Waals surface area contributed by atoms with Gasteiger partial charge in [-0.25, -0.2) is 0 Å². The van der Waals surface area contributed by atoms with Gasteiger partial charge in [-0.2, -0.15) is 11.8 Å². The summed E-state index contributed by atoms with van der Waals surface area (Å²) in [6.45, 7) is 16.2. The van der Waals surface area contributed by atoms with Crippen LogP contribution in [0.1, 0.15) is 225 Å². The number of methoxy groups -OCH3 is 2. The van der Waals surface area contributed by atoms with E-state index < -0.39 is 6.04 Å². The van der Waals surface area contributed by atoms with E-state index in [1.54, 1.807) is 77.3 Å². The van der Waals surface area contributed by atoms with Crippen molar-refractivity contribution < 1.29 is 95.8 Å². The van der Waals surface area contributed by atoms with Crippen LogP contribution >= 0.6 is 11.8 Å². The number of piperazine rings is 7. The molecule has 0 spiro atoms. The molecule has 18 aliphatic rings. The molecule has 16 fully saturated rings. The maximum Gasteiger partial charge on any atom is 0.247 e. The fourth-order valence-electron chi connectivity index (χ4n) is 22.6. The van der Waals surface area contributed by atoms with E-state index in [0.29, 0.717) is 158 Å². The van der Waals surface area contributed by atoms with Gasteiger partial charge in [-0.05, 0) is 177 Å². The Kier molecular flexibility index (Phi) is 37.0. The van der Waals surface area contributed by atoms with Gasteiger partial charge in [0.1, 0.15) is 54.4 Å². The Morgan fingerprint density at radius 3 is 1.34 bits per heavy atom. The summed E-state index contributed by atoms with van der Waals surface area (Å²) in [5, 5.41) is 17.4. The highest BCUT2D eigenvalue weighted by Gasteiger charge is 2.49. The molecule has 13 unspecified atom stereocenters. The molecule has 778 valence electrons. The van der Waals surface area contributed by atoms with Gasteiger partial charge in [0.15, 0.2) is 11.5 Å². The van der Waals surface area contributed by atoms with Crippen molar-refractivity contribution in [3.63, 3.8) is 0 Å². The lowest BCUT2D eigenvalue weighted by Gasteiger charge is -2.45. The van der Waals surface area contributed by atoms with Crippen LogP contribution in [0.25, 0.3) is 0 Å². The molecule has 0 radical (unpaired) electrons. The number of amides is 18. The van der Waals surface area contributed by atoms with Crippen molar-refractivity contribution in [2.45, 2.75) is 293 Å². The van der Waals surface area contributed by atoms with Gasteiger partial charge in [0, 0.05) is 162 Å². The minimum absolute atomic E-state index is 0.0110. The van der Waals surface area contributed by atoms with Crippen molar-refractivity contribution in [3.05, 3.63) is 108 Å². The number of thioether (sulfide) groups is 1. The molecule has 13 atom stereocenters. The summed E-state index contributed by atoms with van der Waals surface area (Å²) < 4.78 is 10.5. The normalized spacial score (nSPS) is 27.1. The third-order valence-electron chi connectivity index (χ3n) is 30.2. The van der Waals surface area contributed by atoms with Crippen molar-refractivity contribution in [1.82, 2.24) is 70.3 Å². The Hall–Kier alpha value is -12.7. The number of para-hydroxylation sites is 2. The molecule has 6 N–H and O–H groups in total. The molecule has 0 saturated carbocycles. The molecule has 18 heterocycles. The molecule has 18 amide bonds. The lowest BCUT2D eigenvalue weighted by Crippen LogP contribution is -2.65. The van der Waals surface area contributed by atoms with Gasteiger partial charge in [-0.1, -0.05) is 86.6 Å². The van der Waals surface area contributed by atoms with Gasteiger partial charge in [0.05, 0.1) is 55.1 Å². The van der Waals surface area contributed by atoms with E-state index in [0.717, 1.165) is 157 Å². The van der Waals surface area contributed by atoms with Crippen LogP contribution < -0.4 is 51.2 Å². The average Bonchev–Trinajstić information content (AvgIpc) is 0.754. The van der Waals surface area contributed by atoms with Gasteiger partial charge >= 0.3 is 0 Å². The summed E-state index contributed by atoms with van der Waals surface area (Å²) in [6, 6.07) is 29.1. The lowest BCUT2D eigenvalue weighted by atomic mass is 9.91. The number of benzene rings is 4. The monoisotopic (exact) mass is 2010 g/mol. The number of nitrogens with one attached hydrogen (secondary N) is 6. The highest BCUT2D eigenvalue weighted by atomic mass is 32.2. The molecule has 18 aliphatic heterocycles. The van der Waals surface area contributed by atoms with Crippen LogP contribution in [0.4, 0.5) is 22.7 Å². The Balaban J connectivity index is 0.000000129. The first-order chi connectivity index (χ1) is 69.4. The largest absolute Gasteiger partial charge is 0.493 e. The predicted octanol–water partition coefficient (Wildman–Crippen LogP) is 6.81. The van der Waals surface area contributed by atoms with Crippen LogP contribution in [0, 0.1) is 5.92 Å². The topological polar surface area (TPSA) is 437 Å². The zero-order chi connectivity index (χ0) is 103. The number of likely N-dealkylation sites (N-methyl/N-ethyl adjacent to an activating group) is 2. The maximum atomic E-state index is 12.4. The molecule has 0 bridgehead atoms. The number of anilines is 4. The van der Waals surface area contributed by atoms with E-state index in [4.69, 9.17) is 9.47 Å². The molecular weight excluding hydrogens is 1870 g/mol. The summed E-state index contributed by atoms with van der Waals surface area (Å²) in [6.07, 6.45) is 23.0. The first-order valence-electron chi connectivity index (χ1n) is 51.7. The van der Waals surface area contributed by atoms with Gasteiger partial charge in [-0.3, -0.25) is 96.1 Å². The molecule has 16 saturated heterocycles. The predicted molar refractivity (Wildman–Crippen MR) is 537 cm³/mol. The van der Waals surface area contributed by atoms with Crippen molar-refractivity contribution in [2.75, 3.05) is 126 Å². The smallest absolute Gasteiger partial charge is 0.247 e. The molecule has 0 aromatic heterocycles. The zero-order valence-corrected chi connectivity index (χ0v) is 85.1. The minimum atomic E-state index is -0.415. The van der Waals surface area contributed by atoms with Crippen molar-refractivity contribution in [1.29, 1.82) is 0 Å². The van der Waals surface area contributed by atoms with Crippen LogP contribution in [0.15, 0.2) is 97.1 Å². The van der Waals surface area contributed by atoms with Gasteiger partial charge < -0.3 is 90.4 Å². The van der Waals surface area contributed by atoms with Gasteiger partial charge in [-0.15, -0.1) is 0 Å². The van der Waals surface area contributed by atoms with Crippen LogP contribution in [-0.2, 0) is 92.8 Å². The van der Waals surface area contributed by atoms with E-state index in [2.05, 4.69) is 52.0 Å². The van der Waals surface area contributed by atoms with E-state index in [9.17, 15) is 86.3 Å².